The molecule has 0 aromatic heterocycles. The predicted molar refractivity (Wildman–Crippen MR) is 24.8 cm³/mol. The molecule has 0 N–H and O–H groups in total. The third-order valence-corrected chi connectivity index (χ3v) is 0.629. The number of hydrogen-bond acceptors (Lipinski definition) is 2. The van der Waals surface area contributed by atoms with Crippen molar-refractivity contribution >= 4 is 6.21 Å². The van der Waals surface area contributed by atoms with E-state index in [1.807, 2.05) is 0 Å². The molecule has 3 heteroatoms. The van der Waals surface area contributed by atoms with Gasteiger partial charge < -0.3 is 0 Å². The minimum absolute atomic E-state index is 0.330. The molecule has 1 aliphatic heterocycles. The summed E-state index contributed by atoms with van der Waals surface area (Å²) in [6.07, 6.45) is 5.21. The summed E-state index contributed by atoms with van der Waals surface area (Å²) in [5, 5.41) is 0. The van der Waals surface area contributed by atoms with E-state index in [0.29, 0.717) is 11.3 Å². The molecule has 0 atom stereocenters. The Labute approximate surface area is 40.9 Å². The maximum Gasteiger partial charge on any atom is 0.351 e. The van der Waals surface area contributed by atoms with Gasteiger partial charge in [0.25, 0.3) is 0 Å². The van der Waals surface area contributed by atoms with Crippen molar-refractivity contribution in [3.05, 3.63) is 17.3 Å². The average Bonchev–Trinajstić information content (AvgIpc) is 1.69. The van der Waals surface area contributed by atoms with Gasteiger partial charge in [0, 0.05) is 4.91 Å². The highest BCUT2D eigenvalue weighted by Crippen LogP contribution is 1.80. The SMILES string of the molecule is O=[N+]1[C]=CN=CC1. The van der Waals surface area contributed by atoms with E-state index in [0.717, 1.165) is 0 Å². The first-order valence-electron chi connectivity index (χ1n) is 1.94. The van der Waals surface area contributed by atoms with E-state index in [4.69, 9.17) is 0 Å². The van der Waals surface area contributed by atoms with Crippen LogP contribution in [0.4, 0.5) is 0 Å². The second-order valence-electron chi connectivity index (χ2n) is 1.15. The van der Waals surface area contributed by atoms with Gasteiger partial charge in [-0.3, -0.25) is 4.99 Å². The van der Waals surface area contributed by atoms with Crippen molar-refractivity contribution in [3.8, 4) is 0 Å². The van der Waals surface area contributed by atoms with Gasteiger partial charge in [-0.1, -0.05) is 0 Å². The fraction of sp³-hybridized carbons (Fsp3) is 0.250. The monoisotopic (exact) mass is 96.0 g/mol. The van der Waals surface area contributed by atoms with E-state index < -0.39 is 0 Å². The Balaban J connectivity index is 2.66. The third-order valence-electron chi connectivity index (χ3n) is 0.629. The van der Waals surface area contributed by atoms with Gasteiger partial charge in [0.2, 0.25) is 6.54 Å². The maximum absolute atomic E-state index is 10.1. The van der Waals surface area contributed by atoms with Crippen molar-refractivity contribution in [1.82, 2.24) is 0 Å². The van der Waals surface area contributed by atoms with E-state index in [2.05, 4.69) is 11.2 Å². The van der Waals surface area contributed by atoms with Crippen molar-refractivity contribution < 1.29 is 4.76 Å². The van der Waals surface area contributed by atoms with Crippen LogP contribution in [0.1, 0.15) is 0 Å². The van der Waals surface area contributed by atoms with Gasteiger partial charge in [0.05, 0.1) is 11.0 Å². The normalized spacial score (nSPS) is 18.0. The maximum atomic E-state index is 10.1. The molecule has 3 nitrogen and oxygen atoms in total. The standard InChI is InChI=1S/C4H4N2O/c7-6-3-1-5-2-4-6/h1-2H,3H2/q+1. The molecule has 0 saturated heterocycles. The second kappa shape index (κ2) is 1.64. The van der Waals surface area contributed by atoms with Crippen LogP contribution in [0.2, 0.25) is 0 Å². The van der Waals surface area contributed by atoms with Gasteiger partial charge in [-0.2, -0.15) is 0 Å². The summed E-state index contributed by atoms with van der Waals surface area (Å²) in [6, 6.07) is 0. The van der Waals surface area contributed by atoms with E-state index in [1.165, 1.54) is 12.4 Å². The molecule has 7 heavy (non-hydrogen) atoms. The van der Waals surface area contributed by atoms with Crippen LogP contribution in [-0.4, -0.2) is 17.5 Å². The molecule has 0 aromatic rings. The van der Waals surface area contributed by atoms with Gasteiger partial charge in [0.15, 0.2) is 0 Å². The van der Waals surface area contributed by atoms with Crippen LogP contribution in [0.25, 0.3) is 0 Å². The first-order chi connectivity index (χ1) is 3.39. The smallest absolute Gasteiger partial charge is 0.255 e. The number of rotatable bonds is 0. The van der Waals surface area contributed by atoms with E-state index >= 15 is 0 Å². The molecular formula is C4H4N2O+. The molecule has 0 spiro atoms. The van der Waals surface area contributed by atoms with Crippen molar-refractivity contribution in [2.24, 2.45) is 4.99 Å². The predicted octanol–water partition coefficient (Wildman–Crippen LogP) is 0.124. The minimum Gasteiger partial charge on any atom is -0.255 e. The van der Waals surface area contributed by atoms with Gasteiger partial charge >= 0.3 is 6.20 Å². The summed E-state index contributed by atoms with van der Waals surface area (Å²) >= 11 is 0. The molecule has 0 aromatic carbocycles. The lowest BCUT2D eigenvalue weighted by Crippen LogP contribution is -2.05. The average molecular weight is 96.1 g/mol. The molecule has 0 aliphatic carbocycles. The summed E-state index contributed by atoms with van der Waals surface area (Å²) in [4.78, 5) is 13.8. The van der Waals surface area contributed by atoms with Gasteiger partial charge in [-0.05, 0) is 0 Å². The number of aliphatic imine (C=N–C) groups is 1. The molecule has 1 aliphatic rings. The Hall–Kier alpha value is -0.990. The summed E-state index contributed by atoms with van der Waals surface area (Å²) in [5.41, 5.74) is 0. The molecule has 0 bridgehead atoms. The highest BCUT2D eigenvalue weighted by atomic mass is 16.3. The zero-order chi connectivity index (χ0) is 5.11. The zero-order valence-corrected chi connectivity index (χ0v) is 3.66. The topological polar surface area (TPSA) is 32.4 Å². The first kappa shape index (κ1) is 4.18. The van der Waals surface area contributed by atoms with Crippen LogP contribution in [0, 0.1) is 11.1 Å². The van der Waals surface area contributed by atoms with E-state index in [1.54, 1.807) is 0 Å². The lowest BCUT2D eigenvalue weighted by Gasteiger charge is -1.79. The van der Waals surface area contributed by atoms with Crippen molar-refractivity contribution in [3.63, 3.8) is 0 Å². The molecule has 1 heterocycles. The van der Waals surface area contributed by atoms with Gasteiger partial charge in [-0.25, -0.2) is 0 Å². The van der Waals surface area contributed by atoms with Crippen molar-refractivity contribution in [1.29, 1.82) is 0 Å². The lowest BCUT2D eigenvalue weighted by atomic mass is 10.6. The van der Waals surface area contributed by atoms with Crippen molar-refractivity contribution in [2.75, 3.05) is 6.54 Å². The molecule has 35 valence electrons. The van der Waals surface area contributed by atoms with E-state index in [-0.39, 0.29) is 0 Å². The van der Waals surface area contributed by atoms with Crippen LogP contribution in [0.3, 0.4) is 0 Å². The summed E-state index contributed by atoms with van der Waals surface area (Å²) in [6.45, 7) is 0.330. The Morgan fingerprint density at radius 3 is 3.00 bits per heavy atom. The highest BCUT2D eigenvalue weighted by Gasteiger charge is 2.03. The number of nitroso groups, excluding NO2 is 1. The fourth-order valence-corrected chi connectivity index (χ4v) is 0.324. The summed E-state index contributed by atoms with van der Waals surface area (Å²) in [5.74, 6) is 0. The first-order valence-corrected chi connectivity index (χ1v) is 1.94. The van der Waals surface area contributed by atoms with E-state index in [9.17, 15) is 4.91 Å². The van der Waals surface area contributed by atoms with Crippen LogP contribution < -0.4 is 0 Å². The third kappa shape index (κ3) is 0.924. The zero-order valence-electron chi connectivity index (χ0n) is 3.66. The van der Waals surface area contributed by atoms with Crippen LogP contribution in [0.5, 0.6) is 0 Å². The molecule has 0 unspecified atom stereocenters. The Morgan fingerprint density at radius 1 is 1.86 bits per heavy atom. The number of hydrogen-bond donors (Lipinski definition) is 0. The molecule has 1 radical (unpaired) electrons. The molecule has 0 fully saturated rings. The molecule has 0 amide bonds. The lowest BCUT2D eigenvalue weighted by molar-refractivity contribution is -0.478. The summed E-state index contributed by atoms with van der Waals surface area (Å²) < 4.78 is 0.688. The molecule has 0 saturated carbocycles. The highest BCUT2D eigenvalue weighted by molar-refractivity contribution is 5.59. The number of nitrogens with zero attached hydrogens (tertiary/aromatic N) is 2. The van der Waals surface area contributed by atoms with Crippen LogP contribution in [0.15, 0.2) is 11.2 Å². The van der Waals surface area contributed by atoms with Crippen LogP contribution >= 0.6 is 0 Å². The fourth-order valence-electron chi connectivity index (χ4n) is 0.324. The molecule has 1 rings (SSSR count). The minimum atomic E-state index is 0.330. The Bertz CT molecular complexity index is 137. The second-order valence-corrected chi connectivity index (χ2v) is 1.15. The van der Waals surface area contributed by atoms with Crippen LogP contribution in [-0.2, 0) is 0 Å². The summed E-state index contributed by atoms with van der Waals surface area (Å²) in [7, 11) is 0. The van der Waals surface area contributed by atoms with Gasteiger partial charge in [-0.15, -0.1) is 0 Å². The quantitative estimate of drug-likeness (QED) is 0.394. The largest absolute Gasteiger partial charge is 0.351 e. The Kier molecular flexibility index (Phi) is 0.978. The molecular weight excluding hydrogens is 92.1 g/mol. The van der Waals surface area contributed by atoms with Crippen molar-refractivity contribution in [2.45, 2.75) is 0 Å². The Morgan fingerprint density at radius 2 is 2.71 bits per heavy atom. The van der Waals surface area contributed by atoms with Gasteiger partial charge in [0.1, 0.15) is 6.20 Å².